The van der Waals surface area contributed by atoms with Gasteiger partial charge in [-0.05, 0) is 29.8 Å². The molecule has 6 heteroatoms. The molecule has 1 atom stereocenters. The molecule has 0 saturated carbocycles. The lowest BCUT2D eigenvalue weighted by Crippen LogP contribution is -2.31. The summed E-state index contributed by atoms with van der Waals surface area (Å²) in [5.41, 5.74) is 9.19. The molecule has 0 amide bonds. The van der Waals surface area contributed by atoms with Crippen LogP contribution in [0.2, 0.25) is 0 Å². The van der Waals surface area contributed by atoms with E-state index in [1.807, 2.05) is 24.3 Å². The summed E-state index contributed by atoms with van der Waals surface area (Å²) < 4.78 is 2.10. The number of anilines is 1. The number of hydrogen-bond acceptors (Lipinski definition) is 5. The molecule has 0 spiro atoms. The van der Waals surface area contributed by atoms with Gasteiger partial charge in [0.25, 0.3) is 0 Å². The van der Waals surface area contributed by atoms with Gasteiger partial charge in [-0.2, -0.15) is 0 Å². The molecule has 25 heavy (non-hydrogen) atoms. The molecular weight excluding hydrogens is 330 g/mol. The highest BCUT2D eigenvalue weighted by molar-refractivity contribution is 7.15. The molecule has 1 aliphatic heterocycles. The van der Waals surface area contributed by atoms with Crippen molar-refractivity contribution in [2.24, 2.45) is 10.7 Å². The zero-order chi connectivity index (χ0) is 16.8. The van der Waals surface area contributed by atoms with Gasteiger partial charge >= 0.3 is 0 Å². The molecule has 0 radical (unpaired) electrons. The highest BCUT2D eigenvalue weighted by Gasteiger charge is 2.26. The first-order valence-electron chi connectivity index (χ1n) is 8.02. The first-order valence-corrected chi connectivity index (χ1v) is 8.84. The first-order chi connectivity index (χ1) is 12.3. The highest BCUT2D eigenvalue weighted by atomic mass is 32.1. The van der Waals surface area contributed by atoms with Crippen LogP contribution < -0.4 is 11.1 Å². The number of para-hydroxylation sites is 2. The Balaban J connectivity index is 1.65. The molecule has 122 valence electrons. The van der Waals surface area contributed by atoms with E-state index in [9.17, 15) is 0 Å². The molecule has 1 unspecified atom stereocenters. The fraction of sp³-hybridized carbons (Fsp3) is 0.0526. The predicted molar refractivity (Wildman–Crippen MR) is 103 cm³/mol. The minimum Gasteiger partial charge on any atom is -0.370 e. The third kappa shape index (κ3) is 2.30. The van der Waals surface area contributed by atoms with Crippen LogP contribution in [0.25, 0.3) is 21.5 Å². The molecule has 2 aromatic carbocycles. The number of thiophene rings is 1. The molecule has 2 aromatic heterocycles. The van der Waals surface area contributed by atoms with Crippen molar-refractivity contribution in [1.29, 1.82) is 0 Å². The molecule has 0 saturated heterocycles. The van der Waals surface area contributed by atoms with Crippen LogP contribution in [0.5, 0.6) is 0 Å². The molecule has 3 heterocycles. The quantitative estimate of drug-likeness (QED) is 0.576. The SMILES string of the molecule is NC1=NC(c2ccc(-c3ccccc3)s2)n2c(nc3ccccc32)N1. The van der Waals surface area contributed by atoms with Gasteiger partial charge in [-0.1, -0.05) is 42.5 Å². The van der Waals surface area contributed by atoms with E-state index in [1.165, 1.54) is 10.4 Å². The molecule has 3 N–H and O–H groups in total. The molecule has 1 aliphatic rings. The number of rotatable bonds is 2. The van der Waals surface area contributed by atoms with Crippen molar-refractivity contribution in [3.63, 3.8) is 0 Å². The average Bonchev–Trinajstić information content (AvgIpc) is 3.26. The van der Waals surface area contributed by atoms with Crippen LogP contribution >= 0.6 is 11.3 Å². The summed E-state index contributed by atoms with van der Waals surface area (Å²) in [5, 5.41) is 3.07. The second-order valence-electron chi connectivity index (χ2n) is 5.88. The Bertz CT molecular complexity index is 1090. The highest BCUT2D eigenvalue weighted by Crippen LogP contribution is 2.38. The third-order valence-corrected chi connectivity index (χ3v) is 5.46. The predicted octanol–water partition coefficient (Wildman–Crippen LogP) is 4.05. The van der Waals surface area contributed by atoms with E-state index in [0.29, 0.717) is 5.96 Å². The summed E-state index contributed by atoms with van der Waals surface area (Å²) in [6, 6.07) is 22.7. The Hall–Kier alpha value is -3.12. The van der Waals surface area contributed by atoms with Crippen molar-refractivity contribution in [3.05, 3.63) is 71.6 Å². The van der Waals surface area contributed by atoms with Crippen molar-refractivity contribution in [2.75, 3.05) is 5.32 Å². The maximum absolute atomic E-state index is 6.01. The van der Waals surface area contributed by atoms with Gasteiger partial charge in [-0.25, -0.2) is 9.98 Å². The second kappa shape index (κ2) is 5.46. The van der Waals surface area contributed by atoms with Crippen LogP contribution in [0.3, 0.4) is 0 Å². The van der Waals surface area contributed by atoms with Crippen LogP contribution in [0, 0.1) is 0 Å². The smallest absolute Gasteiger partial charge is 0.212 e. The van der Waals surface area contributed by atoms with E-state index in [-0.39, 0.29) is 6.17 Å². The Labute approximate surface area is 148 Å². The maximum Gasteiger partial charge on any atom is 0.212 e. The Kier molecular flexibility index (Phi) is 3.11. The summed E-state index contributed by atoms with van der Waals surface area (Å²) in [4.78, 5) is 11.6. The van der Waals surface area contributed by atoms with Gasteiger partial charge in [0.05, 0.1) is 15.9 Å². The number of aliphatic imine (C=N–C) groups is 1. The maximum atomic E-state index is 6.01. The normalized spacial score (nSPS) is 16.3. The van der Waals surface area contributed by atoms with Crippen LogP contribution in [0.4, 0.5) is 5.95 Å². The van der Waals surface area contributed by atoms with Gasteiger partial charge in [-0.15, -0.1) is 11.3 Å². The van der Waals surface area contributed by atoms with Crippen molar-refractivity contribution in [2.45, 2.75) is 6.17 Å². The van der Waals surface area contributed by atoms with E-state index in [0.717, 1.165) is 21.9 Å². The number of nitrogens with zero attached hydrogens (tertiary/aromatic N) is 3. The van der Waals surface area contributed by atoms with Crippen LogP contribution in [-0.4, -0.2) is 15.5 Å². The van der Waals surface area contributed by atoms with Crippen LogP contribution in [-0.2, 0) is 0 Å². The summed E-state index contributed by atoms with van der Waals surface area (Å²) in [6.45, 7) is 0. The monoisotopic (exact) mass is 345 g/mol. The lowest BCUT2D eigenvalue weighted by molar-refractivity contribution is 0.637. The molecular formula is C19H15N5S. The van der Waals surface area contributed by atoms with Gasteiger partial charge < -0.3 is 5.73 Å². The number of nitrogens with one attached hydrogen (secondary N) is 1. The summed E-state index contributed by atoms with van der Waals surface area (Å²) in [6.07, 6.45) is -0.203. The zero-order valence-electron chi connectivity index (χ0n) is 13.3. The summed E-state index contributed by atoms with van der Waals surface area (Å²) in [7, 11) is 0. The van der Waals surface area contributed by atoms with Gasteiger partial charge in [0.1, 0.15) is 0 Å². The molecule has 0 fully saturated rings. The zero-order valence-corrected chi connectivity index (χ0v) is 14.1. The Morgan fingerprint density at radius 2 is 1.76 bits per heavy atom. The fourth-order valence-electron chi connectivity index (χ4n) is 3.16. The van der Waals surface area contributed by atoms with E-state index in [1.54, 1.807) is 11.3 Å². The summed E-state index contributed by atoms with van der Waals surface area (Å²) in [5.74, 6) is 1.12. The molecule has 0 aliphatic carbocycles. The molecule has 0 bridgehead atoms. The second-order valence-corrected chi connectivity index (χ2v) is 6.99. The third-order valence-electron chi connectivity index (χ3n) is 4.28. The largest absolute Gasteiger partial charge is 0.370 e. The first kappa shape index (κ1) is 14.2. The Morgan fingerprint density at radius 1 is 0.960 bits per heavy atom. The molecule has 4 aromatic rings. The van der Waals surface area contributed by atoms with Crippen molar-refractivity contribution < 1.29 is 0 Å². The summed E-state index contributed by atoms with van der Waals surface area (Å²) >= 11 is 1.73. The lowest BCUT2D eigenvalue weighted by Gasteiger charge is -2.22. The number of imidazole rings is 1. The van der Waals surface area contributed by atoms with Crippen molar-refractivity contribution in [1.82, 2.24) is 9.55 Å². The lowest BCUT2D eigenvalue weighted by atomic mass is 10.2. The minimum absolute atomic E-state index is 0.203. The topological polar surface area (TPSA) is 68.2 Å². The molecule has 5 nitrogen and oxygen atoms in total. The number of aromatic nitrogens is 2. The average molecular weight is 345 g/mol. The van der Waals surface area contributed by atoms with Gasteiger partial charge in [0, 0.05) is 4.88 Å². The van der Waals surface area contributed by atoms with E-state index < -0.39 is 0 Å². The van der Waals surface area contributed by atoms with Crippen LogP contribution in [0.1, 0.15) is 11.0 Å². The number of hydrogen-bond donors (Lipinski definition) is 2. The number of benzene rings is 2. The van der Waals surface area contributed by atoms with Gasteiger partial charge in [0.2, 0.25) is 5.95 Å². The minimum atomic E-state index is -0.203. The molecule has 5 rings (SSSR count). The van der Waals surface area contributed by atoms with E-state index >= 15 is 0 Å². The van der Waals surface area contributed by atoms with Crippen LogP contribution in [0.15, 0.2) is 71.7 Å². The number of guanidine groups is 1. The van der Waals surface area contributed by atoms with Crippen molar-refractivity contribution >= 4 is 34.3 Å². The van der Waals surface area contributed by atoms with E-state index in [4.69, 9.17) is 5.73 Å². The Morgan fingerprint density at radius 3 is 2.64 bits per heavy atom. The van der Waals surface area contributed by atoms with Crippen molar-refractivity contribution in [3.8, 4) is 10.4 Å². The number of fused-ring (bicyclic) bond motifs is 3. The fourth-order valence-corrected chi connectivity index (χ4v) is 4.20. The standard InChI is InChI=1S/C19H15N5S/c20-18-22-17(16-11-10-15(25-16)12-6-2-1-3-7-12)24-14-9-5-4-8-13(14)21-19(24)23-18/h1-11,17H,(H3,20,21,22,23). The van der Waals surface area contributed by atoms with Gasteiger partial charge in [0.15, 0.2) is 12.1 Å². The van der Waals surface area contributed by atoms with E-state index in [2.05, 4.69) is 62.3 Å². The number of nitrogens with two attached hydrogens (primary N) is 1. The van der Waals surface area contributed by atoms with Gasteiger partial charge in [-0.3, -0.25) is 9.88 Å².